The first-order chi connectivity index (χ1) is 8.28. The van der Waals surface area contributed by atoms with Gasteiger partial charge in [-0.2, -0.15) is 0 Å². The summed E-state index contributed by atoms with van der Waals surface area (Å²) in [5.41, 5.74) is 4.25. The van der Waals surface area contributed by atoms with Gasteiger partial charge in [0, 0.05) is 11.6 Å². The first-order valence-electron chi connectivity index (χ1n) is 6.37. The number of nitrogen functional groups attached to an aromatic ring is 1. The maximum atomic E-state index is 11.6. The molecule has 1 fully saturated rings. The Kier molecular flexibility index (Phi) is 2.63. The number of H-pyrrole nitrogens is 1. The Morgan fingerprint density at radius 3 is 2.94 bits per heavy atom. The number of nitrogens with zero attached hydrogens (tertiary/aromatic N) is 1. The first kappa shape index (κ1) is 10.8. The summed E-state index contributed by atoms with van der Waals surface area (Å²) in [7, 11) is 0. The third-order valence-corrected chi connectivity index (χ3v) is 3.84. The highest BCUT2D eigenvalue weighted by Gasteiger charge is 2.30. The molecule has 3 rings (SSSR count). The molecule has 5 nitrogen and oxygen atoms in total. The summed E-state index contributed by atoms with van der Waals surface area (Å²) in [4.78, 5) is 18.9. The normalized spacial score (nSPS) is 23.2. The molecular formula is C12H18N4O. The lowest BCUT2D eigenvalue weighted by molar-refractivity contribution is 0.475. The van der Waals surface area contributed by atoms with Crippen LogP contribution in [0, 0.1) is 5.92 Å². The lowest BCUT2D eigenvalue weighted by atomic mass is 9.85. The van der Waals surface area contributed by atoms with Crippen LogP contribution >= 0.6 is 0 Å². The fraction of sp³-hybridized carbons (Fsp3) is 0.667. The second-order valence-electron chi connectivity index (χ2n) is 5.19. The van der Waals surface area contributed by atoms with E-state index in [4.69, 9.17) is 5.84 Å². The maximum absolute atomic E-state index is 11.6. The van der Waals surface area contributed by atoms with Gasteiger partial charge in [0.05, 0.1) is 5.69 Å². The number of rotatable bonds is 3. The van der Waals surface area contributed by atoms with Gasteiger partial charge in [-0.05, 0) is 31.6 Å². The number of nitrogens with two attached hydrogens (primary N) is 1. The molecule has 0 radical (unpaired) electrons. The Balaban J connectivity index is 1.96. The van der Waals surface area contributed by atoms with Gasteiger partial charge in [-0.1, -0.05) is 12.8 Å². The molecule has 2 aliphatic carbocycles. The van der Waals surface area contributed by atoms with Crippen molar-refractivity contribution >= 4 is 5.82 Å². The Hall–Kier alpha value is -1.36. The monoisotopic (exact) mass is 234 g/mol. The first-order valence-corrected chi connectivity index (χ1v) is 6.37. The quantitative estimate of drug-likeness (QED) is 0.543. The van der Waals surface area contributed by atoms with Crippen molar-refractivity contribution in [2.24, 2.45) is 11.8 Å². The average molecular weight is 234 g/mol. The summed E-state index contributed by atoms with van der Waals surface area (Å²) in [5.74, 6) is 6.95. The molecule has 0 aromatic carbocycles. The summed E-state index contributed by atoms with van der Waals surface area (Å²) in [6.45, 7) is 0. The number of hydrazine groups is 1. The van der Waals surface area contributed by atoms with E-state index in [1.54, 1.807) is 0 Å². The van der Waals surface area contributed by atoms with Gasteiger partial charge in [-0.3, -0.25) is 4.79 Å². The Labute approximate surface area is 99.8 Å². The van der Waals surface area contributed by atoms with Crippen molar-refractivity contribution < 1.29 is 0 Å². The summed E-state index contributed by atoms with van der Waals surface area (Å²) in [6, 6.07) is 0. The number of nitrogens with one attached hydrogen (secondary N) is 2. The minimum atomic E-state index is -0.210. The zero-order chi connectivity index (χ0) is 11.8. The number of aromatic amines is 1. The Morgan fingerprint density at radius 2 is 2.24 bits per heavy atom. The van der Waals surface area contributed by atoms with E-state index in [-0.39, 0.29) is 11.4 Å². The number of fused-ring (bicyclic) bond motifs is 1. The number of anilines is 1. The molecule has 1 aromatic heterocycles. The molecular weight excluding hydrogens is 216 g/mol. The smallest absolute Gasteiger partial charge is 0.292 e. The van der Waals surface area contributed by atoms with E-state index >= 15 is 0 Å². The number of aromatic nitrogens is 2. The van der Waals surface area contributed by atoms with Gasteiger partial charge in [0.15, 0.2) is 0 Å². The van der Waals surface area contributed by atoms with Gasteiger partial charge >= 0.3 is 0 Å². The van der Waals surface area contributed by atoms with Gasteiger partial charge in [0.25, 0.3) is 5.56 Å². The van der Waals surface area contributed by atoms with E-state index in [0.717, 1.165) is 30.1 Å². The predicted octanol–water partition coefficient (Wildman–Crippen LogP) is 1.28. The topological polar surface area (TPSA) is 83.8 Å². The van der Waals surface area contributed by atoms with E-state index in [2.05, 4.69) is 15.4 Å². The fourth-order valence-corrected chi connectivity index (χ4v) is 2.77. The lowest BCUT2D eigenvalue weighted by Gasteiger charge is -2.24. The van der Waals surface area contributed by atoms with Crippen molar-refractivity contribution in [2.75, 3.05) is 5.43 Å². The summed E-state index contributed by atoms with van der Waals surface area (Å²) in [6.07, 6.45) is 7.21. The fourth-order valence-electron chi connectivity index (χ4n) is 2.77. The molecule has 0 aliphatic heterocycles. The molecule has 0 spiro atoms. The molecule has 2 aliphatic rings. The highest BCUT2D eigenvalue weighted by Crippen LogP contribution is 2.42. The summed E-state index contributed by atoms with van der Waals surface area (Å²) in [5, 5.41) is 0. The Bertz CT molecular complexity index is 478. The standard InChI is InChI=1S/C12H18N4O/c13-16-11-12(17)14-9-3-1-2-8(10(9)15-11)6-7-4-5-7/h7-8H,1-6,13H2,(H,14,17)(H,15,16). The number of hydrogen-bond donors (Lipinski definition) is 3. The van der Waals surface area contributed by atoms with E-state index in [9.17, 15) is 4.79 Å². The predicted molar refractivity (Wildman–Crippen MR) is 65.7 cm³/mol. The second-order valence-corrected chi connectivity index (χ2v) is 5.19. The summed E-state index contributed by atoms with van der Waals surface area (Å²) >= 11 is 0. The molecule has 0 amide bonds. The molecule has 17 heavy (non-hydrogen) atoms. The molecule has 4 N–H and O–H groups in total. The van der Waals surface area contributed by atoms with Crippen molar-refractivity contribution in [3.63, 3.8) is 0 Å². The van der Waals surface area contributed by atoms with Crippen LogP contribution in [-0.2, 0) is 6.42 Å². The van der Waals surface area contributed by atoms with Crippen LogP contribution in [0.25, 0.3) is 0 Å². The van der Waals surface area contributed by atoms with Crippen molar-refractivity contribution in [3.05, 3.63) is 21.7 Å². The molecule has 1 heterocycles. The van der Waals surface area contributed by atoms with Crippen LogP contribution < -0.4 is 16.8 Å². The minimum absolute atomic E-state index is 0.210. The third-order valence-electron chi connectivity index (χ3n) is 3.84. The van der Waals surface area contributed by atoms with Gasteiger partial charge in [-0.15, -0.1) is 0 Å². The van der Waals surface area contributed by atoms with Crippen LogP contribution in [0.2, 0.25) is 0 Å². The zero-order valence-corrected chi connectivity index (χ0v) is 9.83. The molecule has 1 aromatic rings. The highest BCUT2D eigenvalue weighted by molar-refractivity contribution is 5.34. The van der Waals surface area contributed by atoms with Gasteiger partial charge in [0.1, 0.15) is 0 Å². The largest absolute Gasteiger partial charge is 0.321 e. The van der Waals surface area contributed by atoms with Crippen LogP contribution in [0.5, 0.6) is 0 Å². The molecule has 1 saturated carbocycles. The molecule has 1 unspecified atom stereocenters. The number of hydrogen-bond acceptors (Lipinski definition) is 4. The van der Waals surface area contributed by atoms with Crippen LogP contribution in [-0.4, -0.2) is 9.97 Å². The molecule has 5 heteroatoms. The van der Waals surface area contributed by atoms with Gasteiger partial charge < -0.3 is 10.4 Å². The maximum Gasteiger partial charge on any atom is 0.292 e. The van der Waals surface area contributed by atoms with Crippen LogP contribution in [0.15, 0.2) is 4.79 Å². The van der Waals surface area contributed by atoms with E-state index < -0.39 is 0 Å². The molecule has 0 saturated heterocycles. The van der Waals surface area contributed by atoms with E-state index in [1.165, 1.54) is 25.7 Å². The Morgan fingerprint density at radius 1 is 1.41 bits per heavy atom. The lowest BCUT2D eigenvalue weighted by Crippen LogP contribution is -2.26. The SMILES string of the molecule is NNc1nc2c([nH]c1=O)CCCC2CC1CC1. The van der Waals surface area contributed by atoms with E-state index in [0.29, 0.717) is 5.92 Å². The summed E-state index contributed by atoms with van der Waals surface area (Å²) < 4.78 is 0. The molecule has 92 valence electrons. The van der Waals surface area contributed by atoms with Crippen molar-refractivity contribution in [2.45, 2.75) is 44.4 Å². The van der Waals surface area contributed by atoms with Crippen LogP contribution in [0.3, 0.4) is 0 Å². The molecule has 1 atom stereocenters. The molecule has 0 bridgehead atoms. The minimum Gasteiger partial charge on any atom is -0.321 e. The highest BCUT2D eigenvalue weighted by atomic mass is 16.1. The van der Waals surface area contributed by atoms with Crippen LogP contribution in [0.4, 0.5) is 5.82 Å². The van der Waals surface area contributed by atoms with Crippen molar-refractivity contribution in [1.29, 1.82) is 0 Å². The average Bonchev–Trinajstić information content (AvgIpc) is 3.12. The third kappa shape index (κ3) is 2.07. The van der Waals surface area contributed by atoms with Crippen molar-refractivity contribution in [1.82, 2.24) is 9.97 Å². The zero-order valence-electron chi connectivity index (χ0n) is 9.83. The number of aryl methyl sites for hydroxylation is 1. The van der Waals surface area contributed by atoms with Gasteiger partial charge in [0.2, 0.25) is 5.82 Å². The second kappa shape index (κ2) is 4.14. The van der Waals surface area contributed by atoms with E-state index in [1.807, 2.05) is 0 Å². The van der Waals surface area contributed by atoms with Crippen LogP contribution in [0.1, 0.15) is 49.4 Å². The van der Waals surface area contributed by atoms with Crippen molar-refractivity contribution in [3.8, 4) is 0 Å². The van der Waals surface area contributed by atoms with Gasteiger partial charge in [-0.25, -0.2) is 10.8 Å².